The largest absolute Gasteiger partial charge is 0.467 e. The van der Waals surface area contributed by atoms with Crippen molar-refractivity contribution in [3.05, 3.63) is 35.9 Å². The molecule has 120 valence electrons. The summed E-state index contributed by atoms with van der Waals surface area (Å²) >= 11 is 0. The minimum absolute atomic E-state index is 0.0155. The van der Waals surface area contributed by atoms with Crippen molar-refractivity contribution < 1.29 is 14.3 Å². The monoisotopic (exact) mass is 303 g/mol. The lowest BCUT2D eigenvalue weighted by Gasteiger charge is -2.27. The maximum Gasteiger partial charge on any atom is 0.328 e. The van der Waals surface area contributed by atoms with Gasteiger partial charge in [0, 0.05) is 12.3 Å². The Morgan fingerprint density at radius 1 is 1.18 bits per heavy atom. The van der Waals surface area contributed by atoms with Crippen molar-refractivity contribution in [1.29, 1.82) is 0 Å². The minimum Gasteiger partial charge on any atom is -0.467 e. The van der Waals surface area contributed by atoms with Crippen LogP contribution in [0.5, 0.6) is 0 Å². The third-order valence-electron chi connectivity index (χ3n) is 4.47. The van der Waals surface area contributed by atoms with Crippen LogP contribution < -0.4 is 5.32 Å². The molecule has 0 unspecified atom stereocenters. The van der Waals surface area contributed by atoms with E-state index in [2.05, 4.69) is 12.2 Å². The summed E-state index contributed by atoms with van der Waals surface area (Å²) in [6.07, 6.45) is 4.44. The predicted molar refractivity (Wildman–Crippen MR) is 85.2 cm³/mol. The highest BCUT2D eigenvalue weighted by atomic mass is 16.5. The van der Waals surface area contributed by atoms with Gasteiger partial charge in [0.25, 0.3) is 0 Å². The van der Waals surface area contributed by atoms with Crippen LogP contribution in [-0.2, 0) is 20.7 Å². The fourth-order valence-electron chi connectivity index (χ4n) is 3.00. The predicted octanol–water partition coefficient (Wildman–Crippen LogP) is 2.71. The van der Waals surface area contributed by atoms with Crippen molar-refractivity contribution in [2.45, 2.75) is 45.1 Å². The molecular weight excluding hydrogens is 278 g/mol. The minimum atomic E-state index is -0.612. The Kier molecular flexibility index (Phi) is 5.99. The highest BCUT2D eigenvalue weighted by molar-refractivity contribution is 5.86. The number of carbonyl (C=O) groups excluding carboxylic acids is 2. The Labute approximate surface area is 132 Å². The van der Waals surface area contributed by atoms with Crippen molar-refractivity contribution in [1.82, 2.24) is 5.32 Å². The number of amides is 1. The number of ether oxygens (including phenoxy) is 1. The van der Waals surface area contributed by atoms with E-state index in [0.717, 1.165) is 31.2 Å². The van der Waals surface area contributed by atoms with Crippen LogP contribution in [0.4, 0.5) is 0 Å². The quantitative estimate of drug-likeness (QED) is 0.851. The number of benzene rings is 1. The molecule has 0 spiro atoms. The molecule has 1 atom stereocenters. The smallest absolute Gasteiger partial charge is 0.328 e. The SMILES string of the molecule is COC(=O)[C@H](Cc1ccccc1)NC(=O)C1CCC(C)CC1. The van der Waals surface area contributed by atoms with Gasteiger partial charge in [0.1, 0.15) is 6.04 Å². The van der Waals surface area contributed by atoms with Crippen LogP contribution in [-0.4, -0.2) is 25.0 Å². The first kappa shape index (κ1) is 16.5. The lowest BCUT2D eigenvalue weighted by molar-refractivity contribution is -0.145. The molecule has 1 aliphatic carbocycles. The van der Waals surface area contributed by atoms with Gasteiger partial charge in [0.2, 0.25) is 5.91 Å². The molecule has 2 rings (SSSR count). The lowest BCUT2D eigenvalue weighted by atomic mass is 9.82. The number of carbonyl (C=O) groups is 2. The van der Waals surface area contributed by atoms with E-state index in [1.807, 2.05) is 30.3 Å². The van der Waals surface area contributed by atoms with Gasteiger partial charge < -0.3 is 10.1 Å². The molecule has 1 aromatic carbocycles. The molecule has 0 radical (unpaired) electrons. The average Bonchev–Trinajstić information content (AvgIpc) is 2.55. The fraction of sp³-hybridized carbons (Fsp3) is 0.556. The third-order valence-corrected chi connectivity index (χ3v) is 4.47. The van der Waals surface area contributed by atoms with E-state index < -0.39 is 6.04 Å². The van der Waals surface area contributed by atoms with Gasteiger partial charge in [-0.3, -0.25) is 4.79 Å². The van der Waals surface area contributed by atoms with Crippen molar-refractivity contribution in [2.24, 2.45) is 11.8 Å². The van der Waals surface area contributed by atoms with Crippen LogP contribution in [0.25, 0.3) is 0 Å². The first-order valence-corrected chi connectivity index (χ1v) is 8.02. The van der Waals surface area contributed by atoms with E-state index in [9.17, 15) is 9.59 Å². The molecule has 0 bridgehead atoms. The molecule has 1 aliphatic rings. The summed E-state index contributed by atoms with van der Waals surface area (Å²) in [5.41, 5.74) is 1.01. The topological polar surface area (TPSA) is 55.4 Å². The van der Waals surface area contributed by atoms with Gasteiger partial charge in [-0.05, 0) is 37.2 Å². The molecule has 22 heavy (non-hydrogen) atoms. The summed E-state index contributed by atoms with van der Waals surface area (Å²) in [5.74, 6) is 0.323. The molecule has 1 amide bonds. The highest BCUT2D eigenvalue weighted by Crippen LogP contribution is 2.28. The van der Waals surface area contributed by atoms with Crippen LogP contribution in [0, 0.1) is 11.8 Å². The number of rotatable bonds is 5. The van der Waals surface area contributed by atoms with Crippen LogP contribution in [0.15, 0.2) is 30.3 Å². The summed E-state index contributed by atoms with van der Waals surface area (Å²) in [6, 6.07) is 9.06. The second-order valence-corrected chi connectivity index (χ2v) is 6.23. The number of methoxy groups -OCH3 is 1. The van der Waals surface area contributed by atoms with Crippen molar-refractivity contribution in [3.8, 4) is 0 Å². The molecule has 1 N–H and O–H groups in total. The third kappa shape index (κ3) is 4.58. The Morgan fingerprint density at radius 2 is 1.82 bits per heavy atom. The van der Waals surface area contributed by atoms with Crippen molar-refractivity contribution in [3.63, 3.8) is 0 Å². The Hall–Kier alpha value is -1.84. The zero-order chi connectivity index (χ0) is 15.9. The number of hydrogen-bond donors (Lipinski definition) is 1. The lowest BCUT2D eigenvalue weighted by Crippen LogP contribution is -2.46. The van der Waals surface area contributed by atoms with E-state index in [-0.39, 0.29) is 17.8 Å². The van der Waals surface area contributed by atoms with Gasteiger partial charge in [-0.25, -0.2) is 4.79 Å². The molecule has 1 saturated carbocycles. The first-order chi connectivity index (χ1) is 10.6. The maximum atomic E-state index is 12.4. The summed E-state index contributed by atoms with van der Waals surface area (Å²) in [5, 5.41) is 2.89. The second-order valence-electron chi connectivity index (χ2n) is 6.23. The number of esters is 1. The van der Waals surface area contributed by atoms with Gasteiger partial charge in [0.15, 0.2) is 0 Å². The van der Waals surface area contributed by atoms with E-state index in [0.29, 0.717) is 12.3 Å². The molecule has 0 saturated heterocycles. The molecule has 0 heterocycles. The Bertz CT molecular complexity index is 492. The molecule has 4 nitrogen and oxygen atoms in total. The summed E-state index contributed by atoms with van der Waals surface area (Å²) < 4.78 is 4.84. The van der Waals surface area contributed by atoms with Gasteiger partial charge >= 0.3 is 5.97 Å². The summed E-state index contributed by atoms with van der Waals surface area (Å²) in [6.45, 7) is 2.22. The van der Waals surface area contributed by atoms with Crippen LogP contribution in [0.2, 0.25) is 0 Å². The van der Waals surface area contributed by atoms with Crippen LogP contribution in [0.1, 0.15) is 38.2 Å². The first-order valence-electron chi connectivity index (χ1n) is 8.02. The summed E-state index contributed by atoms with van der Waals surface area (Å²) in [4.78, 5) is 24.4. The van der Waals surface area contributed by atoms with E-state index in [4.69, 9.17) is 4.74 Å². The van der Waals surface area contributed by atoms with E-state index >= 15 is 0 Å². The molecule has 0 aliphatic heterocycles. The maximum absolute atomic E-state index is 12.4. The zero-order valence-electron chi connectivity index (χ0n) is 13.4. The van der Waals surface area contributed by atoms with Crippen molar-refractivity contribution >= 4 is 11.9 Å². The van der Waals surface area contributed by atoms with E-state index in [1.54, 1.807) is 0 Å². The average molecular weight is 303 g/mol. The van der Waals surface area contributed by atoms with Crippen molar-refractivity contribution in [2.75, 3.05) is 7.11 Å². The normalized spacial score (nSPS) is 22.6. The van der Waals surface area contributed by atoms with Gasteiger partial charge in [0.05, 0.1) is 7.11 Å². The Morgan fingerprint density at radius 3 is 2.41 bits per heavy atom. The number of hydrogen-bond acceptors (Lipinski definition) is 3. The second kappa shape index (κ2) is 7.97. The molecular formula is C18H25NO3. The molecule has 1 fully saturated rings. The van der Waals surface area contributed by atoms with Crippen LogP contribution >= 0.6 is 0 Å². The zero-order valence-corrected chi connectivity index (χ0v) is 13.4. The fourth-order valence-corrected chi connectivity index (χ4v) is 3.00. The van der Waals surface area contributed by atoms with Gasteiger partial charge in [-0.1, -0.05) is 37.3 Å². The van der Waals surface area contributed by atoms with Gasteiger partial charge in [-0.15, -0.1) is 0 Å². The van der Waals surface area contributed by atoms with E-state index in [1.165, 1.54) is 7.11 Å². The molecule has 1 aromatic rings. The number of nitrogens with one attached hydrogen (secondary N) is 1. The molecule has 4 heteroatoms. The highest BCUT2D eigenvalue weighted by Gasteiger charge is 2.28. The summed E-state index contributed by atoms with van der Waals surface area (Å²) in [7, 11) is 1.36. The van der Waals surface area contributed by atoms with Crippen LogP contribution in [0.3, 0.4) is 0 Å². The molecule has 0 aromatic heterocycles. The van der Waals surface area contributed by atoms with Gasteiger partial charge in [-0.2, -0.15) is 0 Å². The Balaban J connectivity index is 1.97. The standard InChI is InChI=1S/C18H25NO3/c1-13-8-10-15(11-9-13)17(20)19-16(18(21)22-2)12-14-6-4-3-5-7-14/h3-7,13,15-16H,8-12H2,1-2H3,(H,19,20)/t13?,15?,16-/m0/s1.